The average molecular weight is 223 g/mol. The SMILES string of the molecule is CC(C)(C)C1CCC(CNCC2CC2)CC1. The van der Waals surface area contributed by atoms with Crippen molar-refractivity contribution < 1.29 is 0 Å². The van der Waals surface area contributed by atoms with E-state index in [2.05, 4.69) is 26.1 Å². The largest absolute Gasteiger partial charge is 0.316 e. The van der Waals surface area contributed by atoms with Crippen LogP contribution in [0.25, 0.3) is 0 Å². The van der Waals surface area contributed by atoms with Crippen molar-refractivity contribution in [3.8, 4) is 0 Å². The fraction of sp³-hybridized carbons (Fsp3) is 1.00. The number of nitrogens with one attached hydrogen (secondary N) is 1. The van der Waals surface area contributed by atoms with Gasteiger partial charge in [0.1, 0.15) is 0 Å². The summed E-state index contributed by atoms with van der Waals surface area (Å²) in [7, 11) is 0. The quantitative estimate of drug-likeness (QED) is 0.763. The van der Waals surface area contributed by atoms with Gasteiger partial charge in [-0.2, -0.15) is 0 Å². The van der Waals surface area contributed by atoms with Gasteiger partial charge in [-0.1, -0.05) is 20.8 Å². The first-order chi connectivity index (χ1) is 7.55. The second-order valence-corrected chi connectivity index (χ2v) is 7.19. The topological polar surface area (TPSA) is 12.0 Å². The van der Waals surface area contributed by atoms with Crippen LogP contribution in [-0.4, -0.2) is 13.1 Å². The minimum atomic E-state index is 0.534. The molecular formula is C15H29N. The molecule has 2 rings (SSSR count). The molecule has 16 heavy (non-hydrogen) atoms. The van der Waals surface area contributed by atoms with Crippen molar-refractivity contribution in [2.45, 2.75) is 59.3 Å². The van der Waals surface area contributed by atoms with Crippen molar-refractivity contribution in [3.63, 3.8) is 0 Å². The molecule has 0 aromatic heterocycles. The highest BCUT2D eigenvalue weighted by Gasteiger charge is 2.29. The summed E-state index contributed by atoms with van der Waals surface area (Å²) in [6.07, 6.45) is 8.78. The lowest BCUT2D eigenvalue weighted by molar-refractivity contribution is 0.149. The van der Waals surface area contributed by atoms with Gasteiger partial charge in [0.15, 0.2) is 0 Å². The van der Waals surface area contributed by atoms with Gasteiger partial charge in [-0.15, -0.1) is 0 Å². The molecule has 0 atom stereocenters. The Bertz CT molecular complexity index is 204. The van der Waals surface area contributed by atoms with Gasteiger partial charge in [-0.05, 0) is 74.8 Å². The lowest BCUT2D eigenvalue weighted by Gasteiger charge is -2.37. The lowest BCUT2D eigenvalue weighted by Crippen LogP contribution is -2.31. The van der Waals surface area contributed by atoms with Gasteiger partial charge < -0.3 is 5.32 Å². The molecule has 0 unspecified atom stereocenters. The second kappa shape index (κ2) is 5.08. The highest BCUT2D eigenvalue weighted by molar-refractivity contribution is 4.82. The summed E-state index contributed by atoms with van der Waals surface area (Å²) in [4.78, 5) is 0. The Morgan fingerprint density at radius 1 is 0.812 bits per heavy atom. The highest BCUT2D eigenvalue weighted by Crippen LogP contribution is 2.39. The van der Waals surface area contributed by atoms with E-state index in [-0.39, 0.29) is 0 Å². The molecule has 2 aliphatic carbocycles. The third-order valence-corrected chi connectivity index (χ3v) is 4.63. The minimum Gasteiger partial charge on any atom is -0.316 e. The molecule has 2 fully saturated rings. The van der Waals surface area contributed by atoms with Crippen molar-refractivity contribution in [1.82, 2.24) is 5.32 Å². The molecule has 0 heterocycles. The summed E-state index contributed by atoms with van der Waals surface area (Å²) >= 11 is 0. The van der Waals surface area contributed by atoms with Crippen LogP contribution >= 0.6 is 0 Å². The van der Waals surface area contributed by atoms with Crippen LogP contribution in [0.3, 0.4) is 0 Å². The maximum atomic E-state index is 3.67. The van der Waals surface area contributed by atoms with Gasteiger partial charge in [0.2, 0.25) is 0 Å². The zero-order valence-corrected chi connectivity index (χ0v) is 11.4. The van der Waals surface area contributed by atoms with Crippen LogP contribution in [0.2, 0.25) is 0 Å². The summed E-state index contributed by atoms with van der Waals surface area (Å²) in [5, 5.41) is 3.67. The van der Waals surface area contributed by atoms with E-state index >= 15 is 0 Å². The Kier molecular flexibility index (Phi) is 3.94. The third kappa shape index (κ3) is 3.76. The smallest absolute Gasteiger partial charge is 0.00204 e. The maximum Gasteiger partial charge on any atom is -0.00204 e. The van der Waals surface area contributed by atoms with Crippen molar-refractivity contribution in [2.24, 2.45) is 23.2 Å². The fourth-order valence-corrected chi connectivity index (χ4v) is 3.05. The number of hydrogen-bond acceptors (Lipinski definition) is 1. The van der Waals surface area contributed by atoms with Crippen molar-refractivity contribution in [2.75, 3.05) is 13.1 Å². The summed E-state index contributed by atoms with van der Waals surface area (Å²) in [5.41, 5.74) is 0.534. The first-order valence-corrected chi connectivity index (χ1v) is 7.26. The van der Waals surface area contributed by atoms with Gasteiger partial charge in [0.05, 0.1) is 0 Å². The normalized spacial score (nSPS) is 31.7. The molecule has 2 aliphatic rings. The molecule has 0 amide bonds. The van der Waals surface area contributed by atoms with Gasteiger partial charge in [0.25, 0.3) is 0 Å². The summed E-state index contributed by atoms with van der Waals surface area (Å²) in [5.74, 6) is 2.97. The zero-order valence-electron chi connectivity index (χ0n) is 11.4. The van der Waals surface area contributed by atoms with Gasteiger partial charge in [0, 0.05) is 0 Å². The molecule has 1 nitrogen and oxygen atoms in total. The molecule has 0 aromatic rings. The van der Waals surface area contributed by atoms with Crippen LogP contribution in [0.4, 0.5) is 0 Å². The number of rotatable bonds is 4. The maximum absolute atomic E-state index is 3.67. The third-order valence-electron chi connectivity index (χ3n) is 4.63. The van der Waals surface area contributed by atoms with Crippen LogP contribution in [0.1, 0.15) is 59.3 Å². The van der Waals surface area contributed by atoms with Crippen molar-refractivity contribution in [1.29, 1.82) is 0 Å². The monoisotopic (exact) mass is 223 g/mol. The highest BCUT2D eigenvalue weighted by atomic mass is 14.9. The molecule has 1 heteroatoms. The van der Waals surface area contributed by atoms with E-state index in [0.717, 1.165) is 17.8 Å². The Labute approximate surface area is 101 Å². The predicted octanol–water partition coefficient (Wildman–Crippen LogP) is 3.84. The number of hydrogen-bond donors (Lipinski definition) is 1. The van der Waals surface area contributed by atoms with E-state index in [1.165, 1.54) is 51.6 Å². The van der Waals surface area contributed by atoms with E-state index in [0.29, 0.717) is 5.41 Å². The summed E-state index contributed by atoms with van der Waals surface area (Å²) in [6, 6.07) is 0. The predicted molar refractivity (Wildman–Crippen MR) is 70.5 cm³/mol. The van der Waals surface area contributed by atoms with E-state index in [9.17, 15) is 0 Å². The molecule has 2 saturated carbocycles. The van der Waals surface area contributed by atoms with Crippen LogP contribution in [-0.2, 0) is 0 Å². The Morgan fingerprint density at radius 3 is 1.62 bits per heavy atom. The van der Waals surface area contributed by atoms with Crippen LogP contribution in [0, 0.1) is 23.2 Å². The zero-order chi connectivity index (χ0) is 11.6. The molecule has 0 aromatic carbocycles. The molecule has 0 radical (unpaired) electrons. The van der Waals surface area contributed by atoms with Crippen molar-refractivity contribution in [3.05, 3.63) is 0 Å². The molecular weight excluding hydrogens is 194 g/mol. The van der Waals surface area contributed by atoms with Crippen LogP contribution in [0.5, 0.6) is 0 Å². The van der Waals surface area contributed by atoms with Crippen molar-refractivity contribution >= 4 is 0 Å². The lowest BCUT2D eigenvalue weighted by atomic mass is 9.70. The van der Waals surface area contributed by atoms with Gasteiger partial charge in [-0.25, -0.2) is 0 Å². The van der Waals surface area contributed by atoms with Gasteiger partial charge >= 0.3 is 0 Å². The molecule has 0 aliphatic heterocycles. The first-order valence-electron chi connectivity index (χ1n) is 7.26. The summed E-state index contributed by atoms with van der Waals surface area (Å²) < 4.78 is 0. The molecule has 0 spiro atoms. The Morgan fingerprint density at radius 2 is 1.25 bits per heavy atom. The molecule has 0 saturated heterocycles. The Balaban J connectivity index is 1.60. The summed E-state index contributed by atoms with van der Waals surface area (Å²) in [6.45, 7) is 9.79. The standard InChI is InChI=1S/C15H29N/c1-15(2,3)14-8-6-13(7-9-14)11-16-10-12-4-5-12/h12-14,16H,4-11H2,1-3H3. The van der Waals surface area contributed by atoms with E-state index in [4.69, 9.17) is 0 Å². The Hall–Kier alpha value is -0.0400. The van der Waals surface area contributed by atoms with Crippen LogP contribution < -0.4 is 5.32 Å². The fourth-order valence-electron chi connectivity index (χ4n) is 3.05. The molecule has 1 N–H and O–H groups in total. The van der Waals surface area contributed by atoms with E-state index in [1.54, 1.807) is 0 Å². The minimum absolute atomic E-state index is 0.534. The van der Waals surface area contributed by atoms with Gasteiger partial charge in [-0.3, -0.25) is 0 Å². The second-order valence-electron chi connectivity index (χ2n) is 7.19. The average Bonchev–Trinajstić information content (AvgIpc) is 3.01. The van der Waals surface area contributed by atoms with Crippen LogP contribution in [0.15, 0.2) is 0 Å². The van der Waals surface area contributed by atoms with E-state index < -0.39 is 0 Å². The first kappa shape index (κ1) is 12.4. The molecule has 94 valence electrons. The van der Waals surface area contributed by atoms with E-state index in [1.807, 2.05) is 0 Å². The molecule has 0 bridgehead atoms.